The molecular weight excluding hydrogens is 351 g/mol. The normalized spacial score (nSPS) is 25.7. The number of fused-ring (bicyclic) bond motifs is 1. The number of halogens is 1. The fourth-order valence-electron chi connectivity index (χ4n) is 4.06. The molecule has 2 aliphatic rings. The third kappa shape index (κ3) is 4.14. The van der Waals surface area contributed by atoms with Gasteiger partial charge in [-0.05, 0) is 25.3 Å². The second-order valence-electron chi connectivity index (χ2n) is 7.28. The van der Waals surface area contributed by atoms with E-state index in [1.807, 2.05) is 19.1 Å². The van der Waals surface area contributed by atoms with Crippen molar-refractivity contribution in [1.29, 1.82) is 0 Å². The van der Waals surface area contributed by atoms with Gasteiger partial charge >= 0.3 is 0 Å². The van der Waals surface area contributed by atoms with E-state index in [0.29, 0.717) is 25.0 Å². The van der Waals surface area contributed by atoms with E-state index in [1.54, 1.807) is 17.4 Å². The van der Waals surface area contributed by atoms with Crippen molar-refractivity contribution in [2.75, 3.05) is 26.3 Å². The number of thiazole rings is 1. The zero-order chi connectivity index (χ0) is 17.9. The molecule has 0 amide bonds. The molecule has 0 radical (unpaired) electrons. The molecule has 2 fully saturated rings. The summed E-state index contributed by atoms with van der Waals surface area (Å²) in [7, 11) is 0. The quantitative estimate of drug-likeness (QED) is 0.691. The minimum atomic E-state index is -0.118. The Kier molecular flexibility index (Phi) is 5.64. The molecule has 3 atom stereocenters. The smallest absolute Gasteiger partial charge is 0.127 e. The van der Waals surface area contributed by atoms with Gasteiger partial charge in [-0.15, -0.1) is 11.3 Å². The fraction of sp³-hybridized carbons (Fsp3) is 0.550. The van der Waals surface area contributed by atoms with Crippen LogP contribution in [-0.4, -0.2) is 42.3 Å². The van der Waals surface area contributed by atoms with Crippen LogP contribution in [0.3, 0.4) is 0 Å². The first-order valence-corrected chi connectivity index (χ1v) is 10.1. The van der Waals surface area contributed by atoms with Gasteiger partial charge in [0.25, 0.3) is 0 Å². The van der Waals surface area contributed by atoms with E-state index in [-0.39, 0.29) is 11.9 Å². The molecular formula is C20H25FN2O2S. The second kappa shape index (κ2) is 8.13. The molecule has 2 aromatic rings. The van der Waals surface area contributed by atoms with E-state index in [9.17, 15) is 4.39 Å². The first-order valence-electron chi connectivity index (χ1n) is 9.25. The molecule has 1 aromatic heterocycles. The number of benzene rings is 1. The van der Waals surface area contributed by atoms with Crippen LogP contribution in [0.15, 0.2) is 29.6 Å². The summed E-state index contributed by atoms with van der Waals surface area (Å²) in [5.74, 6) is 0.947. The number of rotatable bonds is 7. The average molecular weight is 376 g/mol. The van der Waals surface area contributed by atoms with Crippen molar-refractivity contribution in [2.45, 2.75) is 32.6 Å². The highest BCUT2D eigenvalue weighted by Crippen LogP contribution is 2.36. The van der Waals surface area contributed by atoms with Crippen molar-refractivity contribution in [3.05, 3.63) is 51.7 Å². The van der Waals surface area contributed by atoms with Crippen LogP contribution in [0, 0.1) is 24.6 Å². The van der Waals surface area contributed by atoms with E-state index in [4.69, 9.17) is 9.47 Å². The molecule has 0 saturated carbocycles. The second-order valence-corrected chi connectivity index (χ2v) is 8.34. The molecule has 2 aliphatic heterocycles. The molecule has 0 N–H and O–H groups in total. The van der Waals surface area contributed by atoms with Gasteiger partial charge in [-0.1, -0.05) is 18.2 Å². The SMILES string of the molecule is Cc1nc(COCC[C@@H]2CO[C@@H]3CN(Cc4ccccc4F)C[C@H]23)cs1. The summed E-state index contributed by atoms with van der Waals surface area (Å²) < 4.78 is 25.7. The van der Waals surface area contributed by atoms with Crippen LogP contribution < -0.4 is 0 Å². The van der Waals surface area contributed by atoms with Gasteiger partial charge < -0.3 is 9.47 Å². The number of hydrogen-bond donors (Lipinski definition) is 0. The van der Waals surface area contributed by atoms with Crippen molar-refractivity contribution in [2.24, 2.45) is 11.8 Å². The predicted octanol–water partition coefficient (Wildman–Crippen LogP) is 3.64. The minimum Gasteiger partial charge on any atom is -0.376 e. The fourth-order valence-corrected chi connectivity index (χ4v) is 4.66. The van der Waals surface area contributed by atoms with Gasteiger partial charge in [0.2, 0.25) is 0 Å². The third-order valence-corrected chi connectivity index (χ3v) is 6.24. The van der Waals surface area contributed by atoms with Gasteiger partial charge in [0.1, 0.15) is 5.82 Å². The first-order chi connectivity index (χ1) is 12.7. The molecule has 140 valence electrons. The van der Waals surface area contributed by atoms with Gasteiger partial charge in [-0.3, -0.25) is 4.90 Å². The molecule has 6 heteroatoms. The predicted molar refractivity (Wildman–Crippen MR) is 99.5 cm³/mol. The van der Waals surface area contributed by atoms with E-state index in [0.717, 1.165) is 49.0 Å². The van der Waals surface area contributed by atoms with E-state index < -0.39 is 0 Å². The van der Waals surface area contributed by atoms with E-state index in [1.165, 1.54) is 6.07 Å². The number of aromatic nitrogens is 1. The van der Waals surface area contributed by atoms with Gasteiger partial charge in [0.05, 0.1) is 30.0 Å². The van der Waals surface area contributed by atoms with Crippen LogP contribution in [-0.2, 0) is 22.6 Å². The maximum Gasteiger partial charge on any atom is 0.127 e. The molecule has 3 heterocycles. The van der Waals surface area contributed by atoms with Crippen LogP contribution in [0.5, 0.6) is 0 Å². The third-order valence-electron chi connectivity index (χ3n) is 5.42. The number of nitrogens with zero attached hydrogens (tertiary/aromatic N) is 2. The van der Waals surface area contributed by atoms with E-state index in [2.05, 4.69) is 15.3 Å². The van der Waals surface area contributed by atoms with Crippen molar-refractivity contribution in [1.82, 2.24) is 9.88 Å². The minimum absolute atomic E-state index is 0.118. The van der Waals surface area contributed by atoms with Crippen molar-refractivity contribution in [3.8, 4) is 0 Å². The molecule has 4 nitrogen and oxygen atoms in total. The summed E-state index contributed by atoms with van der Waals surface area (Å²) in [6.45, 7) is 6.70. The standard InChI is InChI=1S/C20H25FN2O2S/c1-14-22-17(13-26-14)12-24-7-6-16-11-25-20-10-23(9-18(16)20)8-15-4-2-3-5-19(15)21/h2-5,13,16,18,20H,6-12H2,1H3/t16-,18-,20-/m1/s1. The lowest BCUT2D eigenvalue weighted by molar-refractivity contribution is 0.0810. The lowest BCUT2D eigenvalue weighted by atomic mass is 9.91. The summed E-state index contributed by atoms with van der Waals surface area (Å²) in [6, 6.07) is 7.04. The van der Waals surface area contributed by atoms with Crippen LogP contribution in [0.1, 0.15) is 22.7 Å². The molecule has 1 aromatic carbocycles. The lowest BCUT2D eigenvalue weighted by Crippen LogP contribution is -2.25. The van der Waals surface area contributed by atoms with Crippen molar-refractivity contribution in [3.63, 3.8) is 0 Å². The van der Waals surface area contributed by atoms with Crippen LogP contribution >= 0.6 is 11.3 Å². The molecule has 0 bridgehead atoms. The van der Waals surface area contributed by atoms with E-state index >= 15 is 0 Å². The molecule has 4 rings (SSSR count). The Hall–Kier alpha value is -1.34. The largest absolute Gasteiger partial charge is 0.376 e. The lowest BCUT2D eigenvalue weighted by Gasteiger charge is -2.20. The summed E-state index contributed by atoms with van der Waals surface area (Å²) in [5, 5.41) is 3.14. The first kappa shape index (κ1) is 18.0. The number of aryl methyl sites for hydroxylation is 1. The van der Waals surface area contributed by atoms with Crippen LogP contribution in [0.2, 0.25) is 0 Å². The summed E-state index contributed by atoms with van der Waals surface area (Å²) in [4.78, 5) is 6.74. The maximum atomic E-state index is 13.9. The van der Waals surface area contributed by atoms with Crippen molar-refractivity contribution < 1.29 is 13.9 Å². The van der Waals surface area contributed by atoms with Crippen LogP contribution in [0.25, 0.3) is 0 Å². The van der Waals surface area contributed by atoms with Gasteiger partial charge in [0, 0.05) is 43.1 Å². The average Bonchev–Trinajstić information content (AvgIpc) is 3.31. The number of ether oxygens (including phenoxy) is 2. The highest BCUT2D eigenvalue weighted by Gasteiger charge is 2.43. The molecule has 0 aliphatic carbocycles. The monoisotopic (exact) mass is 376 g/mol. The summed E-state index contributed by atoms with van der Waals surface area (Å²) in [5.41, 5.74) is 1.79. The van der Waals surface area contributed by atoms with Gasteiger partial charge in [-0.25, -0.2) is 9.37 Å². The zero-order valence-electron chi connectivity index (χ0n) is 15.1. The summed E-state index contributed by atoms with van der Waals surface area (Å²) >= 11 is 1.66. The molecule has 26 heavy (non-hydrogen) atoms. The number of likely N-dealkylation sites (tertiary alicyclic amines) is 1. The van der Waals surface area contributed by atoms with Gasteiger partial charge in [-0.2, -0.15) is 0 Å². The highest BCUT2D eigenvalue weighted by atomic mass is 32.1. The summed E-state index contributed by atoms with van der Waals surface area (Å²) in [6.07, 6.45) is 1.30. The Labute approximate surface area is 158 Å². The Morgan fingerprint density at radius 1 is 1.35 bits per heavy atom. The van der Waals surface area contributed by atoms with Crippen molar-refractivity contribution >= 4 is 11.3 Å². The highest BCUT2D eigenvalue weighted by molar-refractivity contribution is 7.09. The Bertz CT molecular complexity index is 738. The Balaban J connectivity index is 1.23. The Morgan fingerprint density at radius 3 is 3.04 bits per heavy atom. The maximum absolute atomic E-state index is 13.9. The van der Waals surface area contributed by atoms with Crippen LogP contribution in [0.4, 0.5) is 4.39 Å². The topological polar surface area (TPSA) is 34.6 Å². The number of hydrogen-bond acceptors (Lipinski definition) is 5. The molecule has 0 unspecified atom stereocenters. The van der Waals surface area contributed by atoms with Gasteiger partial charge in [0.15, 0.2) is 0 Å². The molecule has 0 spiro atoms. The molecule has 2 saturated heterocycles. The Morgan fingerprint density at radius 2 is 2.23 bits per heavy atom. The zero-order valence-corrected chi connectivity index (χ0v) is 15.9.